The largest absolute Gasteiger partial charge is 0.497 e. The lowest BCUT2D eigenvalue weighted by atomic mass is 10.1. The predicted octanol–water partition coefficient (Wildman–Crippen LogP) is 3.46. The van der Waals surface area contributed by atoms with Crippen molar-refractivity contribution in [1.29, 1.82) is 0 Å². The van der Waals surface area contributed by atoms with Crippen LogP contribution in [0.3, 0.4) is 0 Å². The Hall–Kier alpha value is -2.98. The summed E-state index contributed by atoms with van der Waals surface area (Å²) in [7, 11) is -0.968. The monoisotopic (exact) mass is 539 g/mol. The number of rotatable bonds is 12. The SMILES string of the molecule is CC[C@@H](C(=O)NC(C)C)N(Cc1ccc(OC)cc1)C(=O)CN(c1cc(Cl)ccc1OC)S(C)(=O)=O. The van der Waals surface area contributed by atoms with Gasteiger partial charge in [-0.25, -0.2) is 8.42 Å². The number of methoxy groups -OCH3 is 2. The molecule has 0 saturated carbocycles. The van der Waals surface area contributed by atoms with Crippen molar-refractivity contribution < 1.29 is 27.5 Å². The van der Waals surface area contributed by atoms with Gasteiger partial charge in [-0.05, 0) is 56.2 Å². The Bertz CT molecular complexity index is 1150. The number of anilines is 1. The molecular formula is C25H34ClN3O6S. The van der Waals surface area contributed by atoms with Crippen molar-refractivity contribution >= 4 is 39.1 Å². The number of nitrogens with zero attached hydrogens (tertiary/aromatic N) is 2. The average molecular weight is 540 g/mol. The first-order chi connectivity index (χ1) is 16.9. The fraction of sp³-hybridized carbons (Fsp3) is 0.440. The summed E-state index contributed by atoms with van der Waals surface area (Å²) in [6.07, 6.45) is 1.33. The first-order valence-corrected chi connectivity index (χ1v) is 13.7. The van der Waals surface area contributed by atoms with Crippen molar-refractivity contribution in [2.24, 2.45) is 0 Å². The first-order valence-electron chi connectivity index (χ1n) is 11.4. The van der Waals surface area contributed by atoms with Gasteiger partial charge in [0.1, 0.15) is 24.1 Å². The molecule has 0 unspecified atom stereocenters. The lowest BCUT2D eigenvalue weighted by Gasteiger charge is -2.33. The molecule has 0 aromatic heterocycles. The molecule has 0 saturated heterocycles. The van der Waals surface area contributed by atoms with Crippen molar-refractivity contribution in [2.75, 3.05) is 31.3 Å². The molecule has 9 nitrogen and oxygen atoms in total. The second-order valence-electron chi connectivity index (χ2n) is 8.54. The van der Waals surface area contributed by atoms with E-state index in [1.165, 1.54) is 24.1 Å². The molecule has 0 spiro atoms. The van der Waals surface area contributed by atoms with Crippen LogP contribution in [-0.2, 0) is 26.2 Å². The molecule has 11 heteroatoms. The zero-order chi connectivity index (χ0) is 27.0. The van der Waals surface area contributed by atoms with Crippen LogP contribution in [0.25, 0.3) is 0 Å². The second-order valence-corrected chi connectivity index (χ2v) is 10.9. The highest BCUT2D eigenvalue weighted by Crippen LogP contribution is 2.33. The van der Waals surface area contributed by atoms with E-state index in [-0.39, 0.29) is 35.0 Å². The Balaban J connectivity index is 2.50. The molecule has 2 aromatic carbocycles. The maximum Gasteiger partial charge on any atom is 0.244 e. The van der Waals surface area contributed by atoms with Gasteiger partial charge in [-0.1, -0.05) is 30.7 Å². The van der Waals surface area contributed by atoms with Gasteiger partial charge < -0.3 is 19.7 Å². The quantitative estimate of drug-likeness (QED) is 0.443. The highest BCUT2D eigenvalue weighted by molar-refractivity contribution is 7.92. The van der Waals surface area contributed by atoms with Gasteiger partial charge >= 0.3 is 0 Å². The number of carbonyl (C=O) groups excluding carboxylic acids is 2. The van der Waals surface area contributed by atoms with E-state index in [1.54, 1.807) is 44.4 Å². The van der Waals surface area contributed by atoms with Crippen LogP contribution in [0, 0.1) is 0 Å². The highest BCUT2D eigenvalue weighted by Gasteiger charge is 2.32. The normalized spacial score (nSPS) is 12.1. The van der Waals surface area contributed by atoms with E-state index in [4.69, 9.17) is 21.1 Å². The minimum atomic E-state index is -3.92. The highest BCUT2D eigenvalue weighted by atomic mass is 35.5. The summed E-state index contributed by atoms with van der Waals surface area (Å²) < 4.78 is 37.0. The van der Waals surface area contributed by atoms with Crippen LogP contribution in [-0.4, -0.2) is 64.2 Å². The summed E-state index contributed by atoms with van der Waals surface area (Å²) >= 11 is 6.13. The van der Waals surface area contributed by atoms with Gasteiger partial charge in [0, 0.05) is 17.6 Å². The molecule has 0 radical (unpaired) electrons. The molecule has 0 heterocycles. The van der Waals surface area contributed by atoms with E-state index >= 15 is 0 Å². The minimum Gasteiger partial charge on any atom is -0.497 e. The number of hydrogen-bond acceptors (Lipinski definition) is 6. The Labute approximate surface area is 218 Å². The maximum absolute atomic E-state index is 13.7. The van der Waals surface area contributed by atoms with Crippen LogP contribution in [0.4, 0.5) is 5.69 Å². The van der Waals surface area contributed by atoms with Crippen LogP contribution < -0.4 is 19.1 Å². The van der Waals surface area contributed by atoms with Crippen molar-refractivity contribution in [2.45, 2.75) is 45.8 Å². The van der Waals surface area contributed by atoms with Gasteiger partial charge in [0.15, 0.2) is 0 Å². The molecule has 2 amide bonds. The molecule has 0 fully saturated rings. The Morgan fingerprint density at radius 2 is 1.69 bits per heavy atom. The molecule has 0 aliphatic heterocycles. The number of amides is 2. The zero-order valence-corrected chi connectivity index (χ0v) is 23.0. The summed E-state index contributed by atoms with van der Waals surface area (Å²) in [5.74, 6) is 0.0195. The van der Waals surface area contributed by atoms with E-state index in [9.17, 15) is 18.0 Å². The number of sulfonamides is 1. The Morgan fingerprint density at radius 3 is 2.19 bits per heavy atom. The molecule has 2 aromatic rings. The topological polar surface area (TPSA) is 105 Å². The molecule has 1 atom stereocenters. The van der Waals surface area contributed by atoms with Crippen LogP contribution in [0.5, 0.6) is 11.5 Å². The van der Waals surface area contributed by atoms with Crippen LogP contribution in [0.1, 0.15) is 32.8 Å². The summed E-state index contributed by atoms with van der Waals surface area (Å²) in [5.41, 5.74) is 0.885. The standard InChI is InChI=1S/C25H34ClN3O6S/c1-7-21(25(31)27-17(2)3)28(15-18-8-11-20(34-4)12-9-18)24(30)16-29(36(6,32)33)22-14-19(26)10-13-23(22)35-5/h8-14,17,21H,7,15-16H2,1-6H3,(H,27,31)/t21-/m0/s1. The Kier molecular flexibility index (Phi) is 10.4. The average Bonchev–Trinajstić information content (AvgIpc) is 2.81. The van der Waals surface area contributed by atoms with E-state index in [0.29, 0.717) is 12.2 Å². The van der Waals surface area contributed by atoms with E-state index in [1.807, 2.05) is 13.8 Å². The third-order valence-electron chi connectivity index (χ3n) is 5.42. The third-order valence-corrected chi connectivity index (χ3v) is 6.78. The third kappa shape index (κ3) is 7.76. The first kappa shape index (κ1) is 29.3. The van der Waals surface area contributed by atoms with Crippen LogP contribution >= 0.6 is 11.6 Å². The molecule has 1 N–H and O–H groups in total. The molecule has 198 valence electrons. The van der Waals surface area contributed by atoms with Crippen molar-refractivity contribution in [1.82, 2.24) is 10.2 Å². The number of ether oxygens (including phenoxy) is 2. The minimum absolute atomic E-state index is 0.0944. The molecule has 0 aliphatic carbocycles. The van der Waals surface area contributed by atoms with Crippen LogP contribution in [0.15, 0.2) is 42.5 Å². The summed E-state index contributed by atoms with van der Waals surface area (Å²) in [4.78, 5) is 28.1. The Morgan fingerprint density at radius 1 is 1.06 bits per heavy atom. The van der Waals surface area contributed by atoms with E-state index in [2.05, 4.69) is 5.32 Å². The molecule has 36 heavy (non-hydrogen) atoms. The van der Waals surface area contributed by atoms with Gasteiger partial charge in [-0.2, -0.15) is 0 Å². The lowest BCUT2D eigenvalue weighted by Crippen LogP contribution is -2.53. The van der Waals surface area contributed by atoms with Gasteiger partial charge in [0.05, 0.1) is 26.2 Å². The molecule has 0 bridgehead atoms. The number of carbonyl (C=O) groups is 2. The van der Waals surface area contributed by atoms with Gasteiger partial charge in [-0.15, -0.1) is 0 Å². The fourth-order valence-electron chi connectivity index (χ4n) is 3.68. The van der Waals surface area contributed by atoms with Crippen molar-refractivity contribution in [3.8, 4) is 11.5 Å². The van der Waals surface area contributed by atoms with Gasteiger partial charge in [0.2, 0.25) is 21.8 Å². The number of halogens is 1. The predicted molar refractivity (Wildman–Crippen MR) is 141 cm³/mol. The van der Waals surface area contributed by atoms with Crippen molar-refractivity contribution in [3.05, 3.63) is 53.1 Å². The maximum atomic E-state index is 13.7. The smallest absolute Gasteiger partial charge is 0.244 e. The van der Waals surface area contributed by atoms with E-state index in [0.717, 1.165) is 16.1 Å². The van der Waals surface area contributed by atoms with Crippen molar-refractivity contribution in [3.63, 3.8) is 0 Å². The number of benzene rings is 2. The second kappa shape index (κ2) is 12.8. The summed E-state index contributed by atoms with van der Waals surface area (Å²) in [6.45, 7) is 5.01. The summed E-state index contributed by atoms with van der Waals surface area (Å²) in [5, 5.41) is 3.13. The van der Waals surface area contributed by atoms with Gasteiger partial charge in [-0.3, -0.25) is 13.9 Å². The molecular weight excluding hydrogens is 506 g/mol. The van der Waals surface area contributed by atoms with Crippen LogP contribution in [0.2, 0.25) is 5.02 Å². The number of hydrogen-bond donors (Lipinski definition) is 1. The van der Waals surface area contributed by atoms with Gasteiger partial charge in [0.25, 0.3) is 0 Å². The molecule has 2 rings (SSSR count). The summed E-state index contributed by atoms with van der Waals surface area (Å²) in [6, 6.07) is 10.7. The number of nitrogens with one attached hydrogen (secondary N) is 1. The molecule has 0 aliphatic rings. The zero-order valence-electron chi connectivity index (χ0n) is 21.4. The van der Waals surface area contributed by atoms with E-state index < -0.39 is 28.5 Å². The fourth-order valence-corrected chi connectivity index (χ4v) is 4.69. The lowest BCUT2D eigenvalue weighted by molar-refractivity contribution is -0.140.